The third-order valence-electron chi connectivity index (χ3n) is 4.38. The predicted octanol–water partition coefficient (Wildman–Crippen LogP) is 4.33. The van der Waals surface area contributed by atoms with Crippen molar-refractivity contribution >= 4 is 5.91 Å². The molecule has 146 valence electrons. The van der Waals surface area contributed by atoms with Crippen molar-refractivity contribution in [3.05, 3.63) is 53.1 Å². The molecule has 0 bridgehead atoms. The third-order valence-corrected chi connectivity index (χ3v) is 4.38. The molecule has 2 rings (SSSR count). The van der Waals surface area contributed by atoms with Gasteiger partial charge in [-0.25, -0.2) is 0 Å². The standard InChI is InChI=1S/C22H29NO4/c1-14(2)17-12-18(15(3)11-21(17)26-6)22(24)23-16(4)13-27-20-10-8-7-9-19(20)25-5/h7-12,14,16H,13H2,1-6H3,(H,23,24). The van der Waals surface area contributed by atoms with E-state index in [1.165, 1.54) is 0 Å². The fourth-order valence-electron chi connectivity index (χ4n) is 2.87. The van der Waals surface area contributed by atoms with Gasteiger partial charge < -0.3 is 19.5 Å². The number of nitrogens with one attached hydrogen (secondary N) is 1. The number of amides is 1. The Morgan fingerprint density at radius 2 is 1.63 bits per heavy atom. The first-order valence-corrected chi connectivity index (χ1v) is 9.12. The monoisotopic (exact) mass is 371 g/mol. The van der Waals surface area contributed by atoms with Crippen LogP contribution in [0.1, 0.15) is 48.2 Å². The van der Waals surface area contributed by atoms with E-state index < -0.39 is 0 Å². The normalized spacial score (nSPS) is 11.8. The Kier molecular flexibility index (Phi) is 7.11. The molecule has 1 N–H and O–H groups in total. The molecule has 0 aliphatic heterocycles. The smallest absolute Gasteiger partial charge is 0.251 e. The summed E-state index contributed by atoms with van der Waals surface area (Å²) in [6.07, 6.45) is 0. The second-order valence-corrected chi connectivity index (χ2v) is 6.90. The van der Waals surface area contributed by atoms with Crippen LogP contribution in [0.5, 0.6) is 17.2 Å². The minimum atomic E-state index is -0.161. The average Bonchev–Trinajstić information content (AvgIpc) is 2.65. The summed E-state index contributed by atoms with van der Waals surface area (Å²) in [7, 11) is 3.25. The second-order valence-electron chi connectivity index (χ2n) is 6.90. The average molecular weight is 371 g/mol. The SMILES string of the molecule is COc1ccccc1OCC(C)NC(=O)c1cc(C(C)C)c(OC)cc1C. The molecule has 0 heterocycles. The summed E-state index contributed by atoms with van der Waals surface area (Å²) in [5.41, 5.74) is 2.56. The van der Waals surface area contributed by atoms with Crippen molar-refractivity contribution in [3.8, 4) is 17.2 Å². The molecule has 0 aliphatic rings. The highest BCUT2D eigenvalue weighted by Gasteiger charge is 2.17. The van der Waals surface area contributed by atoms with Crippen LogP contribution in [0.25, 0.3) is 0 Å². The Labute approximate surface area is 161 Å². The van der Waals surface area contributed by atoms with Crippen LogP contribution < -0.4 is 19.5 Å². The van der Waals surface area contributed by atoms with E-state index in [9.17, 15) is 4.79 Å². The Morgan fingerprint density at radius 1 is 1.00 bits per heavy atom. The Bertz CT molecular complexity index is 786. The molecule has 0 saturated carbocycles. The van der Waals surface area contributed by atoms with Gasteiger partial charge in [-0.2, -0.15) is 0 Å². The number of carbonyl (C=O) groups is 1. The van der Waals surface area contributed by atoms with Gasteiger partial charge in [0.1, 0.15) is 12.4 Å². The van der Waals surface area contributed by atoms with Gasteiger partial charge in [-0.05, 0) is 55.2 Å². The minimum absolute atomic E-state index is 0.117. The summed E-state index contributed by atoms with van der Waals surface area (Å²) >= 11 is 0. The van der Waals surface area contributed by atoms with Gasteiger partial charge in [0.25, 0.3) is 5.91 Å². The van der Waals surface area contributed by atoms with Crippen molar-refractivity contribution in [3.63, 3.8) is 0 Å². The molecule has 1 atom stereocenters. The maximum absolute atomic E-state index is 12.8. The molecule has 0 aliphatic carbocycles. The molecular formula is C22H29NO4. The van der Waals surface area contributed by atoms with Crippen molar-refractivity contribution in [2.75, 3.05) is 20.8 Å². The zero-order valence-corrected chi connectivity index (χ0v) is 17.0. The molecule has 27 heavy (non-hydrogen) atoms. The van der Waals surface area contributed by atoms with Gasteiger partial charge in [-0.1, -0.05) is 26.0 Å². The highest BCUT2D eigenvalue weighted by atomic mass is 16.5. The quantitative estimate of drug-likeness (QED) is 0.750. The molecule has 5 heteroatoms. The summed E-state index contributed by atoms with van der Waals surface area (Å²) in [4.78, 5) is 12.8. The van der Waals surface area contributed by atoms with E-state index in [1.807, 2.05) is 50.2 Å². The zero-order chi connectivity index (χ0) is 20.0. The van der Waals surface area contributed by atoms with Crippen LogP contribution in [0.15, 0.2) is 36.4 Å². The van der Waals surface area contributed by atoms with Crippen LogP contribution in [0.4, 0.5) is 0 Å². The first-order chi connectivity index (χ1) is 12.9. The van der Waals surface area contributed by atoms with Crippen molar-refractivity contribution in [1.29, 1.82) is 0 Å². The van der Waals surface area contributed by atoms with Crippen molar-refractivity contribution in [2.45, 2.75) is 39.7 Å². The van der Waals surface area contributed by atoms with Crippen LogP contribution in [-0.2, 0) is 0 Å². The first kappa shape index (κ1) is 20.6. The number of hydrogen-bond acceptors (Lipinski definition) is 4. The summed E-state index contributed by atoms with van der Waals surface area (Å²) in [5, 5.41) is 3.00. The molecule has 2 aromatic carbocycles. The molecule has 5 nitrogen and oxygen atoms in total. The maximum atomic E-state index is 12.8. The van der Waals surface area contributed by atoms with E-state index in [2.05, 4.69) is 19.2 Å². The highest BCUT2D eigenvalue weighted by molar-refractivity contribution is 5.96. The lowest BCUT2D eigenvalue weighted by Crippen LogP contribution is -2.37. The van der Waals surface area contributed by atoms with E-state index in [1.54, 1.807) is 14.2 Å². The minimum Gasteiger partial charge on any atom is -0.496 e. The number of rotatable bonds is 8. The van der Waals surface area contributed by atoms with Gasteiger partial charge in [-0.3, -0.25) is 4.79 Å². The Morgan fingerprint density at radius 3 is 2.22 bits per heavy atom. The fourth-order valence-corrected chi connectivity index (χ4v) is 2.87. The number of methoxy groups -OCH3 is 2. The highest BCUT2D eigenvalue weighted by Crippen LogP contribution is 2.30. The van der Waals surface area contributed by atoms with E-state index in [-0.39, 0.29) is 17.9 Å². The maximum Gasteiger partial charge on any atom is 0.251 e. The molecule has 0 spiro atoms. The lowest BCUT2D eigenvalue weighted by Gasteiger charge is -2.19. The number of hydrogen-bond donors (Lipinski definition) is 1. The van der Waals surface area contributed by atoms with Crippen LogP contribution in [0.2, 0.25) is 0 Å². The molecule has 1 amide bonds. The van der Waals surface area contributed by atoms with E-state index >= 15 is 0 Å². The van der Waals surface area contributed by atoms with Crippen molar-refractivity contribution < 1.29 is 19.0 Å². The van der Waals surface area contributed by atoms with Gasteiger partial charge in [0.05, 0.1) is 20.3 Å². The van der Waals surface area contributed by atoms with Gasteiger partial charge in [0.15, 0.2) is 11.5 Å². The second kappa shape index (κ2) is 9.31. The van der Waals surface area contributed by atoms with E-state index in [4.69, 9.17) is 14.2 Å². The zero-order valence-electron chi connectivity index (χ0n) is 17.0. The summed E-state index contributed by atoms with van der Waals surface area (Å²) in [6.45, 7) is 8.34. The molecule has 0 fully saturated rings. The van der Waals surface area contributed by atoms with Gasteiger partial charge in [0, 0.05) is 5.56 Å². The van der Waals surface area contributed by atoms with Crippen LogP contribution in [-0.4, -0.2) is 32.8 Å². The summed E-state index contributed by atoms with van der Waals surface area (Å²) in [6, 6.07) is 11.1. The van der Waals surface area contributed by atoms with Crippen molar-refractivity contribution in [2.24, 2.45) is 0 Å². The number of benzene rings is 2. The molecule has 0 aromatic heterocycles. The van der Waals surface area contributed by atoms with Crippen LogP contribution >= 0.6 is 0 Å². The number of carbonyl (C=O) groups excluding carboxylic acids is 1. The first-order valence-electron chi connectivity index (χ1n) is 9.12. The van der Waals surface area contributed by atoms with Crippen LogP contribution in [0.3, 0.4) is 0 Å². The lowest BCUT2D eigenvalue weighted by molar-refractivity contribution is 0.0925. The summed E-state index contributed by atoms with van der Waals surface area (Å²) < 4.78 is 16.5. The lowest BCUT2D eigenvalue weighted by atomic mass is 9.96. The van der Waals surface area contributed by atoms with Crippen molar-refractivity contribution in [1.82, 2.24) is 5.32 Å². The van der Waals surface area contributed by atoms with Gasteiger partial charge >= 0.3 is 0 Å². The topological polar surface area (TPSA) is 56.8 Å². The fraction of sp³-hybridized carbons (Fsp3) is 0.409. The predicted molar refractivity (Wildman–Crippen MR) is 107 cm³/mol. The third kappa shape index (κ3) is 5.16. The van der Waals surface area contributed by atoms with Gasteiger partial charge in [0.2, 0.25) is 0 Å². The molecule has 0 saturated heterocycles. The van der Waals surface area contributed by atoms with Gasteiger partial charge in [-0.15, -0.1) is 0 Å². The largest absolute Gasteiger partial charge is 0.496 e. The number of aryl methyl sites for hydroxylation is 1. The van der Waals surface area contributed by atoms with E-state index in [0.717, 1.165) is 16.9 Å². The molecule has 2 aromatic rings. The molecule has 0 radical (unpaired) electrons. The number of para-hydroxylation sites is 2. The van der Waals surface area contributed by atoms with E-state index in [0.29, 0.717) is 23.7 Å². The molecule has 1 unspecified atom stereocenters. The van der Waals surface area contributed by atoms with Crippen LogP contribution in [0, 0.1) is 6.92 Å². The Hall–Kier alpha value is -2.69. The number of ether oxygens (including phenoxy) is 3. The summed E-state index contributed by atoms with van der Waals surface area (Å²) in [5.74, 6) is 2.28. The molecular weight excluding hydrogens is 342 g/mol. The Balaban J connectivity index is 2.07.